The van der Waals surface area contributed by atoms with Crippen molar-refractivity contribution in [2.75, 3.05) is 37.2 Å². The Morgan fingerprint density at radius 2 is 1.89 bits per heavy atom. The molecule has 0 radical (unpaired) electrons. The van der Waals surface area contributed by atoms with E-state index in [4.69, 9.17) is 17.3 Å². The predicted octanol–water partition coefficient (Wildman–Crippen LogP) is 2.31. The van der Waals surface area contributed by atoms with E-state index in [2.05, 4.69) is 20.2 Å². The van der Waals surface area contributed by atoms with Gasteiger partial charge in [-0.1, -0.05) is 12.8 Å². The highest BCUT2D eigenvalue weighted by molar-refractivity contribution is 6.28. The molecule has 3 N–H and O–H groups in total. The fourth-order valence-electron chi connectivity index (χ4n) is 2.37. The lowest BCUT2D eigenvalue weighted by Crippen LogP contribution is -2.30. The monoisotopic (exact) mass is 283 g/mol. The Bertz CT molecular complexity index is 416. The molecule has 1 aliphatic rings. The summed E-state index contributed by atoms with van der Waals surface area (Å²) in [7, 11) is 0. The van der Waals surface area contributed by atoms with Crippen LogP contribution in [0.2, 0.25) is 5.28 Å². The standard InChI is InChI=1S/C13H22ClN5/c1-10-11(15)12(18-13(14)17-10)16-6-9-19-7-4-2-3-5-8-19/h2-9,15H2,1H3,(H,16,17,18). The lowest BCUT2D eigenvalue weighted by Gasteiger charge is -2.20. The highest BCUT2D eigenvalue weighted by atomic mass is 35.5. The van der Waals surface area contributed by atoms with Crippen LogP contribution in [-0.2, 0) is 0 Å². The average molecular weight is 284 g/mol. The lowest BCUT2D eigenvalue weighted by atomic mass is 10.2. The van der Waals surface area contributed by atoms with Crippen LogP contribution in [0, 0.1) is 6.92 Å². The van der Waals surface area contributed by atoms with Crippen LogP contribution in [0.5, 0.6) is 0 Å². The van der Waals surface area contributed by atoms with Crippen molar-refractivity contribution in [3.05, 3.63) is 11.0 Å². The zero-order valence-corrected chi connectivity index (χ0v) is 12.2. The van der Waals surface area contributed by atoms with Crippen molar-refractivity contribution in [2.24, 2.45) is 0 Å². The number of halogens is 1. The quantitative estimate of drug-likeness (QED) is 0.830. The first-order valence-corrected chi connectivity index (χ1v) is 7.30. The third-order valence-electron chi connectivity index (χ3n) is 3.53. The van der Waals surface area contributed by atoms with E-state index in [1.165, 1.54) is 38.8 Å². The molecule has 6 heteroatoms. The summed E-state index contributed by atoms with van der Waals surface area (Å²) < 4.78 is 0. The third-order valence-corrected chi connectivity index (χ3v) is 3.70. The topological polar surface area (TPSA) is 67.1 Å². The Kier molecular flexibility index (Phi) is 5.22. The summed E-state index contributed by atoms with van der Waals surface area (Å²) in [5.41, 5.74) is 7.24. The van der Waals surface area contributed by atoms with Crippen LogP contribution in [0.3, 0.4) is 0 Å². The minimum atomic E-state index is 0.240. The smallest absolute Gasteiger partial charge is 0.224 e. The van der Waals surface area contributed by atoms with Crippen molar-refractivity contribution < 1.29 is 0 Å². The second-order valence-electron chi connectivity index (χ2n) is 5.02. The number of nitrogens with zero attached hydrogens (tertiary/aromatic N) is 3. The maximum absolute atomic E-state index is 5.94. The first kappa shape index (κ1) is 14.3. The van der Waals surface area contributed by atoms with Crippen LogP contribution in [0.1, 0.15) is 31.4 Å². The molecule has 1 aliphatic heterocycles. The number of aryl methyl sites for hydroxylation is 1. The molecule has 0 amide bonds. The number of aromatic nitrogens is 2. The van der Waals surface area contributed by atoms with Gasteiger partial charge in [-0.15, -0.1) is 0 Å². The van der Waals surface area contributed by atoms with Crippen molar-refractivity contribution in [3.8, 4) is 0 Å². The van der Waals surface area contributed by atoms with Crippen LogP contribution in [0.25, 0.3) is 0 Å². The summed E-state index contributed by atoms with van der Waals surface area (Å²) in [6.07, 6.45) is 5.33. The molecule has 0 saturated carbocycles. The Labute approximate surface area is 119 Å². The van der Waals surface area contributed by atoms with E-state index in [9.17, 15) is 0 Å². The highest BCUT2D eigenvalue weighted by Gasteiger charge is 2.10. The Hall–Kier alpha value is -1.07. The molecule has 0 atom stereocenters. The van der Waals surface area contributed by atoms with Crippen LogP contribution < -0.4 is 11.1 Å². The summed E-state index contributed by atoms with van der Waals surface area (Å²) in [5, 5.41) is 3.50. The van der Waals surface area contributed by atoms with Crippen molar-refractivity contribution in [1.82, 2.24) is 14.9 Å². The van der Waals surface area contributed by atoms with E-state index in [0.29, 0.717) is 11.5 Å². The number of anilines is 2. The number of nitrogens with one attached hydrogen (secondary N) is 1. The zero-order valence-electron chi connectivity index (χ0n) is 11.5. The molecule has 1 aromatic heterocycles. The zero-order chi connectivity index (χ0) is 13.7. The minimum Gasteiger partial charge on any atom is -0.394 e. The molecule has 0 aromatic carbocycles. The minimum absolute atomic E-state index is 0.240. The van der Waals surface area contributed by atoms with E-state index < -0.39 is 0 Å². The molecule has 0 spiro atoms. The van der Waals surface area contributed by atoms with E-state index >= 15 is 0 Å². The summed E-state index contributed by atoms with van der Waals surface area (Å²) >= 11 is 5.84. The van der Waals surface area contributed by atoms with Crippen molar-refractivity contribution in [1.29, 1.82) is 0 Å². The molecule has 1 fully saturated rings. The molecule has 2 rings (SSSR count). The summed E-state index contributed by atoms with van der Waals surface area (Å²) in [6, 6.07) is 0. The summed E-state index contributed by atoms with van der Waals surface area (Å²) in [5.74, 6) is 0.646. The second kappa shape index (κ2) is 6.91. The first-order valence-electron chi connectivity index (χ1n) is 6.92. The molecule has 2 heterocycles. The van der Waals surface area contributed by atoms with E-state index in [1.54, 1.807) is 0 Å². The number of nitrogens with two attached hydrogens (primary N) is 1. The second-order valence-corrected chi connectivity index (χ2v) is 5.36. The number of rotatable bonds is 4. The molecule has 0 aliphatic carbocycles. The number of likely N-dealkylation sites (tertiary alicyclic amines) is 1. The Balaban J connectivity index is 1.85. The van der Waals surface area contributed by atoms with E-state index in [0.717, 1.165) is 18.8 Å². The highest BCUT2D eigenvalue weighted by Crippen LogP contribution is 2.20. The van der Waals surface area contributed by atoms with Crippen LogP contribution in [-0.4, -0.2) is 41.0 Å². The molecular formula is C13H22ClN5. The van der Waals surface area contributed by atoms with Gasteiger partial charge in [-0.2, -0.15) is 4.98 Å². The lowest BCUT2D eigenvalue weighted by molar-refractivity contribution is 0.296. The van der Waals surface area contributed by atoms with E-state index in [1.807, 2.05) is 6.92 Å². The fourth-order valence-corrected chi connectivity index (χ4v) is 2.59. The molecule has 5 nitrogen and oxygen atoms in total. The molecule has 19 heavy (non-hydrogen) atoms. The van der Waals surface area contributed by atoms with E-state index in [-0.39, 0.29) is 5.28 Å². The van der Waals surface area contributed by atoms with Gasteiger partial charge in [0.2, 0.25) is 5.28 Å². The van der Waals surface area contributed by atoms with Crippen molar-refractivity contribution >= 4 is 23.1 Å². The molecule has 1 saturated heterocycles. The summed E-state index contributed by atoms with van der Waals surface area (Å²) in [6.45, 7) is 6.07. The maximum atomic E-state index is 5.94. The van der Waals surface area contributed by atoms with Gasteiger partial charge in [0, 0.05) is 13.1 Å². The van der Waals surface area contributed by atoms with Gasteiger partial charge in [0.15, 0.2) is 5.82 Å². The van der Waals surface area contributed by atoms with Gasteiger partial charge in [-0.05, 0) is 44.5 Å². The van der Waals surface area contributed by atoms with Crippen LogP contribution >= 0.6 is 11.6 Å². The van der Waals surface area contributed by atoms with Gasteiger partial charge < -0.3 is 16.0 Å². The van der Waals surface area contributed by atoms with Gasteiger partial charge in [-0.25, -0.2) is 4.98 Å². The average Bonchev–Trinajstić information content (AvgIpc) is 2.64. The number of nitrogen functional groups attached to an aromatic ring is 1. The number of hydrogen-bond donors (Lipinski definition) is 2. The first-order chi connectivity index (χ1) is 9.16. The van der Waals surface area contributed by atoms with Gasteiger partial charge >= 0.3 is 0 Å². The molecular weight excluding hydrogens is 262 g/mol. The van der Waals surface area contributed by atoms with Crippen LogP contribution in [0.4, 0.5) is 11.5 Å². The maximum Gasteiger partial charge on any atom is 0.224 e. The summed E-state index contributed by atoms with van der Waals surface area (Å²) in [4.78, 5) is 10.6. The fraction of sp³-hybridized carbons (Fsp3) is 0.692. The normalized spacial score (nSPS) is 17.2. The predicted molar refractivity (Wildman–Crippen MR) is 79.6 cm³/mol. The molecule has 106 valence electrons. The van der Waals surface area contributed by atoms with Crippen LogP contribution in [0.15, 0.2) is 0 Å². The largest absolute Gasteiger partial charge is 0.394 e. The molecule has 0 bridgehead atoms. The van der Waals surface area contributed by atoms with Gasteiger partial charge in [-0.3, -0.25) is 0 Å². The van der Waals surface area contributed by atoms with Crippen molar-refractivity contribution in [2.45, 2.75) is 32.6 Å². The van der Waals surface area contributed by atoms with Crippen molar-refractivity contribution in [3.63, 3.8) is 0 Å². The van der Waals surface area contributed by atoms with Gasteiger partial charge in [0.25, 0.3) is 0 Å². The molecule has 0 unspecified atom stereocenters. The number of hydrogen-bond acceptors (Lipinski definition) is 5. The third kappa shape index (κ3) is 4.21. The van der Waals surface area contributed by atoms with Gasteiger partial charge in [0.05, 0.1) is 11.4 Å². The van der Waals surface area contributed by atoms with Gasteiger partial charge in [0.1, 0.15) is 0 Å². The Morgan fingerprint density at radius 3 is 2.58 bits per heavy atom. The Morgan fingerprint density at radius 1 is 1.21 bits per heavy atom. The molecule has 1 aromatic rings. The SMILES string of the molecule is Cc1nc(Cl)nc(NCCN2CCCCCC2)c1N.